The number of halogens is 3. The zero-order valence-corrected chi connectivity index (χ0v) is 18.2. The number of hydrogen-bond acceptors (Lipinski definition) is 7. The molecule has 10 nitrogen and oxygen atoms in total. The van der Waals surface area contributed by atoms with Crippen LogP contribution in [-0.4, -0.2) is 34.6 Å². The second-order valence-corrected chi connectivity index (χ2v) is 8.02. The van der Waals surface area contributed by atoms with Gasteiger partial charge in [-0.15, -0.1) is 11.3 Å². The molecular weight excluding hydrogens is 463 g/mol. The third-order valence-electron chi connectivity index (χ3n) is 5.07. The van der Waals surface area contributed by atoms with Crippen LogP contribution in [0.25, 0.3) is 22.3 Å². The Balaban J connectivity index is 1.57. The maximum absolute atomic E-state index is 12.8. The van der Waals surface area contributed by atoms with Crippen LogP contribution < -0.4 is 16.6 Å². The molecular formula is C19H16F3N7O3S. The third kappa shape index (κ3) is 3.92. The number of carbonyl (C=O) groups excluding carboxylic acids is 1. The Kier molecular flexibility index (Phi) is 5.40. The number of thiazole rings is 1. The van der Waals surface area contributed by atoms with Gasteiger partial charge in [-0.25, -0.2) is 19.7 Å². The molecule has 4 aromatic heterocycles. The van der Waals surface area contributed by atoms with E-state index in [0.29, 0.717) is 11.2 Å². The highest BCUT2D eigenvalue weighted by molar-refractivity contribution is 7.14. The summed E-state index contributed by atoms with van der Waals surface area (Å²) >= 11 is 1.07. The van der Waals surface area contributed by atoms with Gasteiger partial charge < -0.3 is 9.88 Å². The van der Waals surface area contributed by atoms with E-state index in [1.165, 1.54) is 23.2 Å². The highest BCUT2D eigenvalue weighted by atomic mass is 32.1. The average molecular weight is 479 g/mol. The van der Waals surface area contributed by atoms with E-state index < -0.39 is 35.2 Å². The van der Waals surface area contributed by atoms with Gasteiger partial charge in [-0.2, -0.15) is 13.2 Å². The number of anilines is 1. The van der Waals surface area contributed by atoms with E-state index in [2.05, 4.69) is 20.3 Å². The molecule has 4 rings (SSSR count). The molecule has 0 aliphatic heterocycles. The molecule has 0 saturated carbocycles. The number of aryl methyl sites for hydroxylation is 1. The molecule has 172 valence electrons. The molecule has 0 fully saturated rings. The van der Waals surface area contributed by atoms with Crippen molar-refractivity contribution in [3.8, 4) is 11.3 Å². The minimum atomic E-state index is -4.65. The van der Waals surface area contributed by atoms with Gasteiger partial charge >= 0.3 is 11.9 Å². The quantitative estimate of drug-likeness (QED) is 0.480. The number of fused-ring (bicyclic) bond motifs is 1. The Morgan fingerprint density at radius 3 is 2.45 bits per heavy atom. The van der Waals surface area contributed by atoms with E-state index in [1.54, 1.807) is 24.6 Å². The molecule has 1 amide bonds. The smallest absolute Gasteiger partial charge is 0.330 e. The largest absolute Gasteiger partial charge is 0.451 e. The number of amides is 1. The van der Waals surface area contributed by atoms with Crippen LogP contribution in [0.15, 0.2) is 39.6 Å². The lowest BCUT2D eigenvalue weighted by Gasteiger charge is -2.14. The highest BCUT2D eigenvalue weighted by Crippen LogP contribution is 2.28. The second kappa shape index (κ2) is 7.95. The van der Waals surface area contributed by atoms with Crippen molar-refractivity contribution in [1.29, 1.82) is 0 Å². The van der Waals surface area contributed by atoms with E-state index in [9.17, 15) is 27.6 Å². The molecule has 33 heavy (non-hydrogen) atoms. The van der Waals surface area contributed by atoms with Crippen LogP contribution in [0, 0.1) is 0 Å². The lowest BCUT2D eigenvalue weighted by atomic mass is 10.3. The first-order valence-electron chi connectivity index (χ1n) is 9.41. The Morgan fingerprint density at radius 2 is 1.82 bits per heavy atom. The molecule has 0 spiro atoms. The van der Waals surface area contributed by atoms with E-state index in [0.717, 1.165) is 28.3 Å². The minimum absolute atomic E-state index is 0.198. The first-order chi connectivity index (χ1) is 15.5. The highest BCUT2D eigenvalue weighted by Gasteiger charge is 2.34. The zero-order valence-electron chi connectivity index (χ0n) is 17.4. The predicted octanol–water partition coefficient (Wildman–Crippen LogP) is 2.17. The summed E-state index contributed by atoms with van der Waals surface area (Å²) in [7, 11) is 2.88. The number of carbonyl (C=O) groups is 1. The van der Waals surface area contributed by atoms with Crippen molar-refractivity contribution in [3.05, 3.63) is 56.7 Å². The van der Waals surface area contributed by atoms with Crippen molar-refractivity contribution in [2.45, 2.75) is 19.1 Å². The zero-order chi connectivity index (χ0) is 24.1. The van der Waals surface area contributed by atoms with Gasteiger partial charge in [0.05, 0.1) is 11.2 Å². The maximum atomic E-state index is 12.8. The SMILES string of the molecule is CC(C(=O)Nc1nc(-c2cnc(C(F)(F)F)nc2)cs1)n1ccc2c1c(=O)n(C)c(=O)n2C. The van der Waals surface area contributed by atoms with E-state index in [1.807, 2.05) is 0 Å². The summed E-state index contributed by atoms with van der Waals surface area (Å²) in [4.78, 5) is 48.3. The predicted molar refractivity (Wildman–Crippen MR) is 114 cm³/mol. The van der Waals surface area contributed by atoms with Crippen LogP contribution in [0.2, 0.25) is 0 Å². The Hall–Kier alpha value is -3.81. The van der Waals surface area contributed by atoms with Gasteiger partial charge in [0.2, 0.25) is 11.7 Å². The molecule has 0 bridgehead atoms. The van der Waals surface area contributed by atoms with Crippen molar-refractivity contribution >= 4 is 33.4 Å². The maximum Gasteiger partial charge on any atom is 0.451 e. The first kappa shape index (κ1) is 22.4. The summed E-state index contributed by atoms with van der Waals surface area (Å²) in [6.07, 6.45) is -1.09. The topological polar surface area (TPSA) is 117 Å². The third-order valence-corrected chi connectivity index (χ3v) is 5.83. The lowest BCUT2D eigenvalue weighted by Crippen LogP contribution is -2.38. The monoisotopic (exact) mass is 479 g/mol. The van der Waals surface area contributed by atoms with Crippen molar-refractivity contribution in [2.75, 3.05) is 5.32 Å². The Bertz CT molecular complexity index is 1480. The number of rotatable bonds is 4. The Morgan fingerprint density at radius 1 is 1.15 bits per heavy atom. The summed E-state index contributed by atoms with van der Waals surface area (Å²) in [5.41, 5.74) is 0.132. The Labute approximate surface area is 187 Å². The van der Waals surface area contributed by atoms with Gasteiger partial charge in [0.1, 0.15) is 11.6 Å². The minimum Gasteiger partial charge on any atom is -0.330 e. The van der Waals surface area contributed by atoms with E-state index >= 15 is 0 Å². The van der Waals surface area contributed by atoms with Crippen LogP contribution in [0.5, 0.6) is 0 Å². The second-order valence-electron chi connectivity index (χ2n) is 7.16. The van der Waals surface area contributed by atoms with Gasteiger partial charge in [-0.05, 0) is 13.0 Å². The summed E-state index contributed by atoms with van der Waals surface area (Å²) in [5, 5.41) is 4.38. The van der Waals surface area contributed by atoms with Gasteiger partial charge in [-0.1, -0.05) is 0 Å². The molecule has 0 radical (unpaired) electrons. The fraction of sp³-hybridized carbons (Fsp3) is 0.263. The fourth-order valence-electron chi connectivity index (χ4n) is 3.23. The van der Waals surface area contributed by atoms with Crippen LogP contribution in [0.4, 0.5) is 18.3 Å². The molecule has 0 saturated heterocycles. The fourth-order valence-corrected chi connectivity index (χ4v) is 3.95. The van der Waals surface area contributed by atoms with Crippen LogP contribution >= 0.6 is 11.3 Å². The van der Waals surface area contributed by atoms with Crippen LogP contribution in [0.3, 0.4) is 0 Å². The van der Waals surface area contributed by atoms with Crippen molar-refractivity contribution < 1.29 is 18.0 Å². The molecule has 0 aromatic carbocycles. The first-order valence-corrected chi connectivity index (χ1v) is 10.3. The molecule has 1 unspecified atom stereocenters. The van der Waals surface area contributed by atoms with Crippen molar-refractivity contribution in [2.24, 2.45) is 14.1 Å². The molecule has 1 N–H and O–H groups in total. The lowest BCUT2D eigenvalue weighted by molar-refractivity contribution is -0.145. The summed E-state index contributed by atoms with van der Waals surface area (Å²) in [5.74, 6) is -1.74. The molecule has 1 atom stereocenters. The summed E-state index contributed by atoms with van der Waals surface area (Å²) in [6, 6.07) is 0.753. The van der Waals surface area contributed by atoms with Crippen molar-refractivity contribution in [1.82, 2.24) is 28.7 Å². The number of nitrogens with zero attached hydrogens (tertiary/aromatic N) is 6. The average Bonchev–Trinajstić information content (AvgIpc) is 3.42. The standard InChI is InChI=1S/C19H16F3N7O3S/c1-9(29-5-4-12-13(29)15(31)28(3)18(32)27(12)2)14(30)26-17-25-11(8-33-17)10-6-23-16(24-7-10)19(20,21)22/h4-9H,1-3H3,(H,25,26,30). The van der Waals surface area contributed by atoms with E-state index in [4.69, 9.17) is 0 Å². The molecule has 4 heterocycles. The number of aromatic nitrogens is 6. The van der Waals surface area contributed by atoms with Crippen LogP contribution in [0.1, 0.15) is 18.8 Å². The van der Waals surface area contributed by atoms with Crippen LogP contribution in [-0.2, 0) is 25.1 Å². The number of alkyl halides is 3. The van der Waals surface area contributed by atoms with Gasteiger partial charge in [0, 0.05) is 43.6 Å². The van der Waals surface area contributed by atoms with Gasteiger partial charge in [0.15, 0.2) is 5.13 Å². The summed E-state index contributed by atoms with van der Waals surface area (Å²) in [6.45, 7) is 1.58. The van der Waals surface area contributed by atoms with E-state index in [-0.39, 0.29) is 16.2 Å². The molecule has 14 heteroatoms. The normalized spacial score (nSPS) is 12.8. The molecule has 4 aromatic rings. The number of nitrogens with one attached hydrogen (secondary N) is 1. The van der Waals surface area contributed by atoms with Gasteiger partial charge in [0.25, 0.3) is 5.56 Å². The van der Waals surface area contributed by atoms with Crippen molar-refractivity contribution in [3.63, 3.8) is 0 Å². The molecule has 0 aliphatic rings. The van der Waals surface area contributed by atoms with Gasteiger partial charge in [-0.3, -0.25) is 18.7 Å². The number of hydrogen-bond donors (Lipinski definition) is 1. The summed E-state index contributed by atoms with van der Waals surface area (Å²) < 4.78 is 41.6. The molecule has 0 aliphatic carbocycles.